The Morgan fingerprint density at radius 1 is 1.22 bits per heavy atom. The summed E-state index contributed by atoms with van der Waals surface area (Å²) in [5.74, 6) is 0. The Hall–Kier alpha value is -0.910. The van der Waals surface area contributed by atoms with Gasteiger partial charge in [-0.1, -0.05) is 26.0 Å². The zero-order valence-corrected chi connectivity index (χ0v) is 15.8. The van der Waals surface area contributed by atoms with Crippen LogP contribution in [0.3, 0.4) is 0 Å². The third-order valence-corrected chi connectivity index (χ3v) is 5.71. The summed E-state index contributed by atoms with van der Waals surface area (Å²) < 4.78 is 29.1. The molecule has 1 N–H and O–H groups in total. The molecule has 0 saturated heterocycles. The van der Waals surface area contributed by atoms with Gasteiger partial charge in [-0.05, 0) is 44.9 Å². The molecule has 2 unspecified atom stereocenters. The smallest absolute Gasteiger partial charge is 0.175 e. The summed E-state index contributed by atoms with van der Waals surface area (Å²) in [6.07, 6.45) is 2.51. The van der Waals surface area contributed by atoms with E-state index in [0.717, 1.165) is 18.5 Å². The Balaban J connectivity index is 1.90. The fourth-order valence-electron chi connectivity index (χ4n) is 2.95. The van der Waals surface area contributed by atoms with Crippen molar-refractivity contribution in [2.45, 2.75) is 70.2 Å². The maximum atomic E-state index is 11.5. The number of hydrogen-bond donors (Lipinski definition) is 1. The van der Waals surface area contributed by atoms with Gasteiger partial charge in [0.1, 0.15) is 0 Å². The number of nitrogens with one attached hydrogen (secondary N) is 1. The van der Waals surface area contributed by atoms with Crippen molar-refractivity contribution in [3.05, 3.63) is 29.8 Å². The third-order valence-electron chi connectivity index (χ3n) is 4.58. The molecular weight excluding hydrogens is 310 g/mol. The van der Waals surface area contributed by atoms with Crippen LogP contribution in [0.2, 0.25) is 0 Å². The van der Waals surface area contributed by atoms with E-state index in [2.05, 4.69) is 39.9 Å². The van der Waals surface area contributed by atoms with Crippen LogP contribution in [-0.2, 0) is 21.1 Å². The summed E-state index contributed by atoms with van der Waals surface area (Å²) in [5, 5.41) is 3.57. The summed E-state index contributed by atoms with van der Waals surface area (Å²) in [4.78, 5) is 0.365. The molecule has 23 heavy (non-hydrogen) atoms. The van der Waals surface area contributed by atoms with Gasteiger partial charge in [-0.25, -0.2) is 8.42 Å². The minimum absolute atomic E-state index is 0.0972. The largest absolute Gasteiger partial charge is 0.372 e. The van der Waals surface area contributed by atoms with Gasteiger partial charge in [0.05, 0.1) is 16.6 Å². The topological polar surface area (TPSA) is 55.4 Å². The zero-order valence-electron chi connectivity index (χ0n) is 15.0. The standard InChI is InChI=1S/C18H29NO3S/c1-17(2,3)22-16-11-15(18(16,4)5)19-12-13-7-9-14(10-8-13)23(6,20)21/h7-10,15-16,19H,11-12H2,1-6H3. The quantitative estimate of drug-likeness (QED) is 0.895. The number of benzene rings is 1. The molecule has 1 aromatic carbocycles. The molecule has 1 saturated carbocycles. The molecule has 2 rings (SSSR count). The molecule has 2 atom stereocenters. The third kappa shape index (κ3) is 4.55. The molecule has 130 valence electrons. The lowest BCUT2D eigenvalue weighted by Gasteiger charge is -2.53. The van der Waals surface area contributed by atoms with Crippen molar-refractivity contribution in [2.75, 3.05) is 6.26 Å². The van der Waals surface area contributed by atoms with E-state index in [-0.39, 0.29) is 17.1 Å². The van der Waals surface area contributed by atoms with E-state index in [9.17, 15) is 8.42 Å². The molecule has 0 aliphatic heterocycles. The lowest BCUT2D eigenvalue weighted by Crippen LogP contribution is -2.62. The first-order chi connectivity index (χ1) is 10.4. The first kappa shape index (κ1) is 18.4. The molecule has 4 nitrogen and oxygen atoms in total. The maximum absolute atomic E-state index is 11.5. The molecule has 0 spiro atoms. The lowest BCUT2D eigenvalue weighted by atomic mass is 9.64. The highest BCUT2D eigenvalue weighted by Gasteiger charge is 2.49. The fourth-order valence-corrected chi connectivity index (χ4v) is 3.58. The van der Waals surface area contributed by atoms with Crippen molar-refractivity contribution < 1.29 is 13.2 Å². The minimum atomic E-state index is -3.12. The Labute approximate surface area is 140 Å². The second kappa shape index (κ2) is 6.19. The highest BCUT2D eigenvalue weighted by atomic mass is 32.2. The Morgan fingerprint density at radius 3 is 2.22 bits per heavy atom. The van der Waals surface area contributed by atoms with Gasteiger partial charge in [0.2, 0.25) is 0 Å². The van der Waals surface area contributed by atoms with Crippen LogP contribution in [0.4, 0.5) is 0 Å². The lowest BCUT2D eigenvalue weighted by molar-refractivity contribution is -0.173. The SMILES string of the molecule is CC(C)(C)OC1CC(NCc2ccc(S(C)(=O)=O)cc2)C1(C)C. The van der Waals surface area contributed by atoms with Gasteiger partial charge in [0, 0.05) is 24.3 Å². The van der Waals surface area contributed by atoms with Crippen LogP contribution in [0.25, 0.3) is 0 Å². The summed E-state index contributed by atoms with van der Waals surface area (Å²) >= 11 is 0. The zero-order chi connectivity index (χ0) is 17.5. The van der Waals surface area contributed by atoms with E-state index in [1.165, 1.54) is 6.26 Å². The predicted octanol–water partition coefficient (Wildman–Crippen LogP) is 3.16. The molecule has 0 aromatic heterocycles. The van der Waals surface area contributed by atoms with E-state index in [4.69, 9.17) is 4.74 Å². The summed E-state index contributed by atoms with van der Waals surface area (Å²) in [6.45, 7) is 11.5. The maximum Gasteiger partial charge on any atom is 0.175 e. The average molecular weight is 340 g/mol. The van der Waals surface area contributed by atoms with Crippen molar-refractivity contribution in [1.82, 2.24) is 5.32 Å². The summed E-state index contributed by atoms with van der Waals surface area (Å²) in [7, 11) is -3.12. The van der Waals surface area contributed by atoms with Crippen molar-refractivity contribution in [3.8, 4) is 0 Å². The van der Waals surface area contributed by atoms with Crippen LogP contribution in [0, 0.1) is 5.41 Å². The summed E-state index contributed by atoms with van der Waals surface area (Å²) in [5.41, 5.74) is 1.07. The molecule has 1 aromatic rings. The number of sulfone groups is 1. The van der Waals surface area contributed by atoms with Crippen LogP contribution in [0.15, 0.2) is 29.2 Å². The van der Waals surface area contributed by atoms with Gasteiger partial charge < -0.3 is 10.1 Å². The monoisotopic (exact) mass is 339 g/mol. The Morgan fingerprint density at radius 2 is 1.78 bits per heavy atom. The van der Waals surface area contributed by atoms with Crippen LogP contribution in [0.5, 0.6) is 0 Å². The molecule has 1 aliphatic carbocycles. The van der Waals surface area contributed by atoms with Crippen LogP contribution < -0.4 is 5.32 Å². The van der Waals surface area contributed by atoms with Gasteiger partial charge >= 0.3 is 0 Å². The second-order valence-electron chi connectivity index (χ2n) is 8.13. The number of hydrogen-bond acceptors (Lipinski definition) is 4. The molecular formula is C18H29NO3S. The average Bonchev–Trinajstić information content (AvgIpc) is 2.40. The van der Waals surface area contributed by atoms with Crippen LogP contribution in [0.1, 0.15) is 46.6 Å². The van der Waals surface area contributed by atoms with Crippen LogP contribution in [-0.4, -0.2) is 32.4 Å². The van der Waals surface area contributed by atoms with E-state index in [0.29, 0.717) is 10.9 Å². The Kier molecular flexibility index (Phi) is 4.96. The first-order valence-electron chi connectivity index (χ1n) is 8.10. The highest BCUT2D eigenvalue weighted by Crippen LogP contribution is 2.44. The van der Waals surface area contributed by atoms with Gasteiger partial charge in [0.25, 0.3) is 0 Å². The molecule has 0 amide bonds. The van der Waals surface area contributed by atoms with Gasteiger partial charge in [-0.3, -0.25) is 0 Å². The summed E-state index contributed by atoms with van der Waals surface area (Å²) in [6, 6.07) is 7.49. The molecule has 0 heterocycles. The second-order valence-corrected chi connectivity index (χ2v) is 10.1. The van der Waals surface area contributed by atoms with E-state index in [1.807, 2.05) is 12.1 Å². The molecule has 0 radical (unpaired) electrons. The van der Waals surface area contributed by atoms with E-state index in [1.54, 1.807) is 12.1 Å². The number of rotatable bonds is 5. The van der Waals surface area contributed by atoms with E-state index >= 15 is 0 Å². The van der Waals surface area contributed by atoms with Gasteiger partial charge in [0.15, 0.2) is 9.84 Å². The predicted molar refractivity (Wildman–Crippen MR) is 93.2 cm³/mol. The fraction of sp³-hybridized carbons (Fsp3) is 0.667. The van der Waals surface area contributed by atoms with Crippen molar-refractivity contribution in [2.24, 2.45) is 5.41 Å². The molecule has 0 bridgehead atoms. The van der Waals surface area contributed by atoms with Crippen molar-refractivity contribution in [3.63, 3.8) is 0 Å². The molecule has 1 fully saturated rings. The minimum Gasteiger partial charge on any atom is -0.372 e. The van der Waals surface area contributed by atoms with Crippen molar-refractivity contribution >= 4 is 9.84 Å². The van der Waals surface area contributed by atoms with Crippen LogP contribution >= 0.6 is 0 Å². The van der Waals surface area contributed by atoms with E-state index < -0.39 is 9.84 Å². The van der Waals surface area contributed by atoms with Gasteiger partial charge in [-0.15, -0.1) is 0 Å². The van der Waals surface area contributed by atoms with Gasteiger partial charge in [-0.2, -0.15) is 0 Å². The number of ether oxygens (including phenoxy) is 1. The normalized spacial score (nSPS) is 24.3. The first-order valence-corrected chi connectivity index (χ1v) is 9.99. The Bertz CT molecular complexity index is 642. The highest BCUT2D eigenvalue weighted by molar-refractivity contribution is 7.90. The molecule has 5 heteroatoms. The van der Waals surface area contributed by atoms with Crippen molar-refractivity contribution in [1.29, 1.82) is 0 Å². The molecule has 1 aliphatic rings.